The van der Waals surface area contributed by atoms with Crippen LogP contribution in [0.25, 0.3) is 0 Å². The van der Waals surface area contributed by atoms with Crippen molar-refractivity contribution in [1.82, 2.24) is 10.2 Å². The lowest BCUT2D eigenvalue weighted by molar-refractivity contribution is 0.171. The van der Waals surface area contributed by atoms with E-state index in [0.29, 0.717) is 40.9 Å². The lowest BCUT2D eigenvalue weighted by atomic mass is 10.0. The van der Waals surface area contributed by atoms with Gasteiger partial charge in [0.2, 0.25) is 12.5 Å². The van der Waals surface area contributed by atoms with Crippen molar-refractivity contribution >= 4 is 23.5 Å². The van der Waals surface area contributed by atoms with Crippen LogP contribution in [0.5, 0.6) is 17.2 Å². The molecule has 1 aliphatic heterocycles. The summed E-state index contributed by atoms with van der Waals surface area (Å²) < 4.78 is 16.5. The molecule has 2 aromatic carbocycles. The zero-order valence-electron chi connectivity index (χ0n) is 16.6. The van der Waals surface area contributed by atoms with Gasteiger partial charge in [-0.15, -0.1) is 0 Å². The van der Waals surface area contributed by atoms with Crippen molar-refractivity contribution in [2.75, 3.05) is 34.0 Å². The molecule has 0 atom stereocenters. The SMILES string of the molecule is COc1c(/C=N\O)c(CCN(C)C(=S)NCCc2ccccc2)cc2c1OCO2. The maximum atomic E-state index is 9.07. The summed E-state index contributed by atoms with van der Waals surface area (Å²) in [5.41, 5.74) is 2.85. The molecule has 7 nitrogen and oxygen atoms in total. The first-order valence-corrected chi connectivity index (χ1v) is 9.74. The van der Waals surface area contributed by atoms with Gasteiger partial charge in [0, 0.05) is 25.7 Å². The molecule has 0 spiro atoms. The molecule has 1 heterocycles. The number of methoxy groups -OCH3 is 1. The Balaban J connectivity index is 1.60. The Labute approximate surface area is 175 Å². The number of oxime groups is 1. The van der Waals surface area contributed by atoms with Gasteiger partial charge in [0.15, 0.2) is 16.6 Å². The Morgan fingerprint density at radius 1 is 1.31 bits per heavy atom. The number of nitrogens with one attached hydrogen (secondary N) is 1. The molecule has 0 bridgehead atoms. The van der Waals surface area contributed by atoms with E-state index < -0.39 is 0 Å². The Morgan fingerprint density at radius 2 is 2.10 bits per heavy atom. The van der Waals surface area contributed by atoms with E-state index >= 15 is 0 Å². The number of ether oxygens (including phenoxy) is 3. The van der Waals surface area contributed by atoms with Crippen molar-refractivity contribution in [1.29, 1.82) is 0 Å². The molecule has 0 saturated heterocycles. The minimum absolute atomic E-state index is 0.139. The third-order valence-corrected chi connectivity index (χ3v) is 5.19. The Morgan fingerprint density at radius 3 is 2.83 bits per heavy atom. The maximum Gasteiger partial charge on any atom is 0.231 e. The number of hydrogen-bond acceptors (Lipinski definition) is 6. The third-order valence-electron chi connectivity index (χ3n) is 4.73. The van der Waals surface area contributed by atoms with Crippen LogP contribution in [-0.2, 0) is 12.8 Å². The van der Waals surface area contributed by atoms with Gasteiger partial charge in [-0.25, -0.2) is 0 Å². The highest BCUT2D eigenvalue weighted by atomic mass is 32.1. The smallest absolute Gasteiger partial charge is 0.231 e. The van der Waals surface area contributed by atoms with Crippen LogP contribution in [0.4, 0.5) is 0 Å². The first kappa shape index (κ1) is 20.7. The zero-order chi connectivity index (χ0) is 20.6. The molecule has 0 fully saturated rings. The summed E-state index contributed by atoms with van der Waals surface area (Å²) >= 11 is 5.50. The van der Waals surface area contributed by atoms with Gasteiger partial charge >= 0.3 is 0 Å². The number of rotatable bonds is 8. The number of nitrogens with zero attached hydrogens (tertiary/aromatic N) is 2. The fourth-order valence-electron chi connectivity index (χ4n) is 3.17. The fraction of sp³-hybridized carbons (Fsp3) is 0.333. The standard InChI is InChI=1S/C21H25N3O4S/c1-24(21(29)22-10-8-15-6-4-3-5-7-15)11-9-16-12-18-20(28-14-27-18)19(26-2)17(16)13-23-25/h3-7,12-13,25H,8-11,14H2,1-2H3,(H,22,29)/b23-13-. The molecule has 0 unspecified atom stereocenters. The van der Waals surface area contributed by atoms with Crippen LogP contribution in [0, 0.1) is 0 Å². The van der Waals surface area contributed by atoms with Crippen LogP contribution in [-0.4, -0.2) is 55.5 Å². The van der Waals surface area contributed by atoms with Crippen LogP contribution in [0.3, 0.4) is 0 Å². The molecular formula is C21H25N3O4S. The van der Waals surface area contributed by atoms with E-state index in [2.05, 4.69) is 22.6 Å². The van der Waals surface area contributed by atoms with Gasteiger partial charge in [0.05, 0.1) is 13.3 Å². The number of fused-ring (bicyclic) bond motifs is 1. The first-order valence-electron chi connectivity index (χ1n) is 9.33. The fourth-order valence-corrected chi connectivity index (χ4v) is 3.36. The quantitative estimate of drug-likeness (QED) is 0.297. The molecule has 0 amide bonds. The molecule has 8 heteroatoms. The van der Waals surface area contributed by atoms with Gasteiger partial charge in [-0.05, 0) is 42.3 Å². The number of benzene rings is 2. The monoisotopic (exact) mass is 415 g/mol. The average Bonchev–Trinajstić information content (AvgIpc) is 3.21. The third kappa shape index (κ3) is 5.08. The zero-order valence-corrected chi connectivity index (χ0v) is 17.4. The number of likely N-dealkylation sites (N-methyl/N-ethyl adjacent to an activating group) is 1. The van der Waals surface area contributed by atoms with Crippen LogP contribution < -0.4 is 19.5 Å². The first-order chi connectivity index (χ1) is 14.1. The minimum Gasteiger partial charge on any atom is -0.492 e. The second-order valence-corrected chi connectivity index (χ2v) is 6.99. The van der Waals surface area contributed by atoms with Crippen molar-refractivity contribution < 1.29 is 19.4 Å². The van der Waals surface area contributed by atoms with E-state index in [1.165, 1.54) is 11.8 Å². The normalized spacial score (nSPS) is 12.2. The second kappa shape index (κ2) is 9.97. The van der Waals surface area contributed by atoms with Gasteiger partial charge in [-0.2, -0.15) is 0 Å². The predicted molar refractivity (Wildman–Crippen MR) is 116 cm³/mol. The summed E-state index contributed by atoms with van der Waals surface area (Å²) in [7, 11) is 3.50. The summed E-state index contributed by atoms with van der Waals surface area (Å²) in [5, 5.41) is 16.2. The highest BCUT2D eigenvalue weighted by Crippen LogP contribution is 2.44. The van der Waals surface area contributed by atoms with Crippen molar-refractivity contribution in [2.24, 2.45) is 5.16 Å². The molecule has 0 radical (unpaired) electrons. The van der Waals surface area contributed by atoms with Crippen molar-refractivity contribution in [3.63, 3.8) is 0 Å². The molecule has 154 valence electrons. The molecule has 0 saturated carbocycles. The van der Waals surface area contributed by atoms with E-state index in [0.717, 1.165) is 18.5 Å². The highest BCUT2D eigenvalue weighted by molar-refractivity contribution is 7.80. The summed E-state index contributed by atoms with van der Waals surface area (Å²) in [6.07, 6.45) is 2.92. The molecule has 0 aromatic heterocycles. The van der Waals surface area contributed by atoms with E-state index in [4.69, 9.17) is 31.6 Å². The lowest BCUT2D eigenvalue weighted by Crippen LogP contribution is -2.39. The van der Waals surface area contributed by atoms with Gasteiger partial charge in [-0.1, -0.05) is 35.5 Å². The van der Waals surface area contributed by atoms with Crippen LogP contribution >= 0.6 is 12.2 Å². The largest absolute Gasteiger partial charge is 0.492 e. The summed E-state index contributed by atoms with van der Waals surface area (Å²) in [4.78, 5) is 1.98. The second-order valence-electron chi connectivity index (χ2n) is 6.60. The van der Waals surface area contributed by atoms with Crippen LogP contribution in [0.15, 0.2) is 41.6 Å². The summed E-state index contributed by atoms with van der Waals surface area (Å²) in [5.74, 6) is 1.65. The molecule has 2 N–H and O–H groups in total. The van der Waals surface area contributed by atoms with E-state index in [-0.39, 0.29) is 6.79 Å². The van der Waals surface area contributed by atoms with Gasteiger partial charge in [0.25, 0.3) is 0 Å². The van der Waals surface area contributed by atoms with Gasteiger partial charge in [0.1, 0.15) is 0 Å². The van der Waals surface area contributed by atoms with Crippen molar-refractivity contribution in [3.8, 4) is 17.2 Å². The summed E-state index contributed by atoms with van der Waals surface area (Å²) in [6, 6.07) is 12.2. The topological polar surface area (TPSA) is 75.6 Å². The molecule has 0 aliphatic carbocycles. The molecule has 1 aliphatic rings. The lowest BCUT2D eigenvalue weighted by Gasteiger charge is -2.22. The number of hydrogen-bond donors (Lipinski definition) is 2. The summed E-state index contributed by atoms with van der Waals surface area (Å²) in [6.45, 7) is 1.58. The van der Waals surface area contributed by atoms with E-state index in [1.807, 2.05) is 36.2 Å². The Kier molecular flexibility index (Phi) is 7.13. The number of thiocarbonyl (C=S) groups is 1. The Hall–Kier alpha value is -3.00. The average molecular weight is 416 g/mol. The van der Waals surface area contributed by atoms with Gasteiger partial charge < -0.3 is 29.6 Å². The highest BCUT2D eigenvalue weighted by Gasteiger charge is 2.24. The van der Waals surface area contributed by atoms with E-state index in [1.54, 1.807) is 7.11 Å². The minimum atomic E-state index is 0.139. The van der Waals surface area contributed by atoms with Crippen LogP contribution in [0.2, 0.25) is 0 Å². The molecule has 2 aromatic rings. The predicted octanol–water partition coefficient (Wildman–Crippen LogP) is 2.82. The molecule has 3 rings (SSSR count). The van der Waals surface area contributed by atoms with Crippen molar-refractivity contribution in [3.05, 3.63) is 53.1 Å². The molecular weight excluding hydrogens is 390 g/mol. The Bertz CT molecular complexity index is 874. The van der Waals surface area contributed by atoms with Crippen LogP contribution in [0.1, 0.15) is 16.7 Å². The van der Waals surface area contributed by atoms with E-state index in [9.17, 15) is 0 Å². The maximum absolute atomic E-state index is 9.07. The van der Waals surface area contributed by atoms with Crippen molar-refractivity contribution in [2.45, 2.75) is 12.8 Å². The molecule has 29 heavy (non-hydrogen) atoms. The van der Waals surface area contributed by atoms with Gasteiger partial charge in [-0.3, -0.25) is 0 Å².